The predicted octanol–water partition coefficient (Wildman–Crippen LogP) is 4.86. The zero-order chi connectivity index (χ0) is 21.8. The van der Waals surface area contributed by atoms with Crippen molar-refractivity contribution in [3.8, 4) is 11.5 Å². The van der Waals surface area contributed by atoms with Crippen molar-refractivity contribution >= 4 is 23.2 Å². The number of hydrogen-bond donors (Lipinski definition) is 2. The van der Waals surface area contributed by atoms with Crippen LogP contribution >= 0.6 is 0 Å². The number of nitrogens with zero attached hydrogens (tertiary/aromatic N) is 2. The highest BCUT2D eigenvalue weighted by Gasteiger charge is 2.15. The molecule has 4 rings (SSSR count). The largest absolute Gasteiger partial charge is 0.334 e. The first-order chi connectivity index (χ1) is 15.0. The summed E-state index contributed by atoms with van der Waals surface area (Å²) in [6, 6.07) is 21.3. The molecule has 0 radical (unpaired) electrons. The van der Waals surface area contributed by atoms with Crippen molar-refractivity contribution in [1.29, 1.82) is 0 Å². The monoisotopic (exact) mass is 412 g/mol. The molecule has 154 valence electrons. The van der Waals surface area contributed by atoms with Crippen molar-refractivity contribution in [2.24, 2.45) is 0 Å². The number of carbonyl (C=O) groups excluding carboxylic acids is 2. The van der Waals surface area contributed by atoms with Crippen LogP contribution < -0.4 is 10.6 Å². The number of nitrogens with one attached hydrogen (secondary N) is 2. The molecular formula is C24H20N4O3. The van der Waals surface area contributed by atoms with Crippen molar-refractivity contribution in [1.82, 2.24) is 10.1 Å². The Labute approximate surface area is 179 Å². The summed E-state index contributed by atoms with van der Waals surface area (Å²) >= 11 is 0. The summed E-state index contributed by atoms with van der Waals surface area (Å²) in [6.07, 6.45) is 0. The Morgan fingerprint density at radius 3 is 2.23 bits per heavy atom. The number of hydrogen-bond acceptors (Lipinski definition) is 5. The van der Waals surface area contributed by atoms with E-state index in [9.17, 15) is 9.59 Å². The third kappa shape index (κ3) is 4.51. The third-order valence-electron chi connectivity index (χ3n) is 4.78. The van der Waals surface area contributed by atoms with E-state index in [1.165, 1.54) is 0 Å². The van der Waals surface area contributed by atoms with E-state index in [0.717, 1.165) is 5.56 Å². The van der Waals surface area contributed by atoms with Crippen molar-refractivity contribution in [2.75, 3.05) is 10.6 Å². The Bertz CT molecular complexity index is 1230. The molecule has 7 heteroatoms. The van der Waals surface area contributed by atoms with E-state index in [1.54, 1.807) is 56.3 Å². The van der Waals surface area contributed by atoms with Crippen LogP contribution in [0.5, 0.6) is 0 Å². The van der Waals surface area contributed by atoms with E-state index < -0.39 is 0 Å². The maximum atomic E-state index is 12.7. The van der Waals surface area contributed by atoms with Crippen LogP contribution in [-0.2, 0) is 0 Å². The lowest BCUT2D eigenvalue weighted by molar-refractivity contribution is 0.101. The van der Waals surface area contributed by atoms with Gasteiger partial charge in [0.05, 0.1) is 0 Å². The minimum absolute atomic E-state index is 0.237. The second kappa shape index (κ2) is 8.62. The highest BCUT2D eigenvalue weighted by Crippen LogP contribution is 2.22. The number of rotatable bonds is 5. The van der Waals surface area contributed by atoms with Gasteiger partial charge >= 0.3 is 0 Å². The predicted molar refractivity (Wildman–Crippen MR) is 118 cm³/mol. The summed E-state index contributed by atoms with van der Waals surface area (Å²) in [6.45, 7) is 3.54. The topological polar surface area (TPSA) is 97.1 Å². The first-order valence-electron chi connectivity index (χ1n) is 9.69. The quantitative estimate of drug-likeness (QED) is 0.488. The van der Waals surface area contributed by atoms with Crippen LogP contribution in [0.4, 0.5) is 11.4 Å². The molecule has 31 heavy (non-hydrogen) atoms. The molecule has 0 unspecified atom stereocenters. The molecule has 2 N–H and O–H groups in total. The molecule has 4 aromatic rings. The SMILES string of the molecule is Cc1noc(-c2ccc(C(=O)Nc3cccc(C(=O)Nc4ccccc4)c3C)cc2)n1. The number of aromatic nitrogens is 2. The van der Waals surface area contributed by atoms with Crippen molar-refractivity contribution in [3.05, 3.63) is 95.3 Å². The molecule has 7 nitrogen and oxygen atoms in total. The van der Waals surface area contributed by atoms with Crippen LogP contribution in [0.25, 0.3) is 11.5 Å². The molecule has 1 heterocycles. The molecule has 1 aromatic heterocycles. The van der Waals surface area contributed by atoms with Crippen LogP contribution in [-0.4, -0.2) is 22.0 Å². The van der Waals surface area contributed by atoms with Gasteiger partial charge in [-0.3, -0.25) is 9.59 Å². The molecule has 0 bridgehead atoms. The van der Waals surface area contributed by atoms with E-state index >= 15 is 0 Å². The molecular weight excluding hydrogens is 392 g/mol. The number of benzene rings is 3. The summed E-state index contributed by atoms with van der Waals surface area (Å²) in [4.78, 5) is 29.6. The first-order valence-corrected chi connectivity index (χ1v) is 9.69. The summed E-state index contributed by atoms with van der Waals surface area (Å²) in [5.41, 5.74) is 3.65. The molecule has 0 aliphatic carbocycles. The van der Waals surface area contributed by atoms with Crippen LogP contribution in [0.3, 0.4) is 0 Å². The zero-order valence-corrected chi connectivity index (χ0v) is 17.0. The normalized spacial score (nSPS) is 10.5. The molecule has 0 aliphatic rings. The molecule has 0 spiro atoms. The maximum absolute atomic E-state index is 12.7. The third-order valence-corrected chi connectivity index (χ3v) is 4.78. The van der Waals surface area contributed by atoms with Crippen LogP contribution in [0.1, 0.15) is 32.1 Å². The highest BCUT2D eigenvalue weighted by molar-refractivity contribution is 6.08. The van der Waals surface area contributed by atoms with Crippen LogP contribution in [0.2, 0.25) is 0 Å². The first kappa shape index (κ1) is 20.0. The average Bonchev–Trinajstić information content (AvgIpc) is 3.22. The minimum atomic E-state index is -0.281. The lowest BCUT2D eigenvalue weighted by Gasteiger charge is -2.13. The summed E-state index contributed by atoms with van der Waals surface area (Å²) in [5.74, 6) is 0.428. The van der Waals surface area contributed by atoms with E-state index in [4.69, 9.17) is 4.52 Å². The van der Waals surface area contributed by atoms with Gasteiger partial charge in [-0.1, -0.05) is 29.4 Å². The van der Waals surface area contributed by atoms with Crippen molar-refractivity contribution in [2.45, 2.75) is 13.8 Å². The van der Waals surface area contributed by atoms with Gasteiger partial charge in [0.15, 0.2) is 5.82 Å². The highest BCUT2D eigenvalue weighted by atomic mass is 16.5. The van der Waals surface area contributed by atoms with Crippen LogP contribution in [0.15, 0.2) is 77.3 Å². The minimum Gasteiger partial charge on any atom is -0.334 e. The van der Waals surface area contributed by atoms with Gasteiger partial charge in [0.25, 0.3) is 17.7 Å². The number of carbonyl (C=O) groups is 2. The van der Waals surface area contributed by atoms with E-state index in [1.807, 2.05) is 30.3 Å². The van der Waals surface area contributed by atoms with E-state index in [0.29, 0.717) is 39.8 Å². The number of anilines is 2. The zero-order valence-electron chi connectivity index (χ0n) is 17.0. The second-order valence-corrected chi connectivity index (χ2v) is 6.98. The number of aryl methyl sites for hydroxylation is 1. The number of amides is 2. The fraction of sp³-hybridized carbons (Fsp3) is 0.0833. The maximum Gasteiger partial charge on any atom is 0.257 e. The van der Waals surface area contributed by atoms with Gasteiger partial charge in [-0.2, -0.15) is 4.98 Å². The Morgan fingerprint density at radius 1 is 0.806 bits per heavy atom. The molecule has 2 amide bonds. The summed E-state index contributed by atoms with van der Waals surface area (Å²) in [7, 11) is 0. The van der Waals surface area contributed by atoms with Gasteiger partial charge in [-0.15, -0.1) is 0 Å². The molecule has 0 fully saturated rings. The van der Waals surface area contributed by atoms with Gasteiger partial charge in [0, 0.05) is 28.1 Å². The Balaban J connectivity index is 1.49. The van der Waals surface area contributed by atoms with Gasteiger partial charge in [-0.05, 0) is 67.9 Å². The lowest BCUT2D eigenvalue weighted by Crippen LogP contribution is -2.17. The van der Waals surface area contributed by atoms with Gasteiger partial charge in [0.1, 0.15) is 0 Å². The van der Waals surface area contributed by atoms with E-state index in [2.05, 4.69) is 20.8 Å². The van der Waals surface area contributed by atoms with Crippen molar-refractivity contribution in [3.63, 3.8) is 0 Å². The summed E-state index contributed by atoms with van der Waals surface area (Å²) in [5, 5.41) is 9.51. The molecule has 0 saturated heterocycles. The summed E-state index contributed by atoms with van der Waals surface area (Å²) < 4.78 is 5.14. The van der Waals surface area contributed by atoms with Gasteiger partial charge in [-0.25, -0.2) is 0 Å². The van der Waals surface area contributed by atoms with E-state index in [-0.39, 0.29) is 11.8 Å². The van der Waals surface area contributed by atoms with Crippen molar-refractivity contribution < 1.29 is 14.1 Å². The standard InChI is InChI=1S/C24H20N4O3/c1-15-20(23(30)26-19-7-4-3-5-8-19)9-6-10-21(15)27-22(29)17-11-13-18(14-12-17)24-25-16(2)28-31-24/h3-14H,1-2H3,(H,26,30)(H,27,29). The average molecular weight is 412 g/mol. The Morgan fingerprint density at radius 2 is 1.55 bits per heavy atom. The molecule has 0 saturated carbocycles. The molecule has 0 atom stereocenters. The fourth-order valence-electron chi connectivity index (χ4n) is 3.11. The molecule has 0 aliphatic heterocycles. The Hall–Kier alpha value is -4.26. The fourth-order valence-corrected chi connectivity index (χ4v) is 3.11. The second-order valence-electron chi connectivity index (χ2n) is 6.98. The van der Waals surface area contributed by atoms with Gasteiger partial charge in [0.2, 0.25) is 0 Å². The smallest absolute Gasteiger partial charge is 0.257 e. The number of para-hydroxylation sites is 1. The lowest BCUT2D eigenvalue weighted by atomic mass is 10.0. The van der Waals surface area contributed by atoms with Gasteiger partial charge < -0.3 is 15.2 Å². The van der Waals surface area contributed by atoms with Crippen LogP contribution in [0, 0.1) is 13.8 Å². The molecule has 3 aromatic carbocycles. The Kier molecular flexibility index (Phi) is 5.57.